The molecule has 1 aromatic rings. The Hall–Kier alpha value is -1.36. The molecule has 1 aliphatic carbocycles. The van der Waals surface area contributed by atoms with Gasteiger partial charge in [0.15, 0.2) is 9.84 Å². The van der Waals surface area contributed by atoms with Crippen molar-refractivity contribution in [3.63, 3.8) is 0 Å². The number of hydrogen-bond donors (Lipinski definition) is 0. The van der Waals surface area contributed by atoms with Gasteiger partial charge < -0.3 is 4.90 Å². The van der Waals surface area contributed by atoms with Crippen LogP contribution in [0, 0.1) is 5.92 Å². The predicted molar refractivity (Wildman–Crippen MR) is 94.7 cm³/mol. The van der Waals surface area contributed by atoms with Gasteiger partial charge in [-0.05, 0) is 67.7 Å². The minimum absolute atomic E-state index is 0.0196. The van der Waals surface area contributed by atoms with Gasteiger partial charge in [0.25, 0.3) is 0 Å². The zero-order valence-electron chi connectivity index (χ0n) is 14.5. The number of sulfone groups is 1. The maximum absolute atomic E-state index is 12.6. The predicted octanol–water partition coefficient (Wildman–Crippen LogP) is 2.99. The summed E-state index contributed by atoms with van der Waals surface area (Å²) in [5, 5.41) is 0. The van der Waals surface area contributed by atoms with E-state index < -0.39 is 9.84 Å². The van der Waals surface area contributed by atoms with Gasteiger partial charge >= 0.3 is 0 Å². The molecule has 0 aromatic heterocycles. The second kappa shape index (κ2) is 7.26. The highest BCUT2D eigenvalue weighted by Crippen LogP contribution is 2.25. The zero-order valence-corrected chi connectivity index (χ0v) is 15.3. The van der Waals surface area contributed by atoms with Crippen LogP contribution >= 0.6 is 0 Å². The molecule has 3 rings (SSSR count). The van der Waals surface area contributed by atoms with Crippen LogP contribution in [0.2, 0.25) is 0 Å². The van der Waals surface area contributed by atoms with Gasteiger partial charge in [0.2, 0.25) is 5.91 Å². The van der Waals surface area contributed by atoms with Crippen LogP contribution in [0.25, 0.3) is 0 Å². The van der Waals surface area contributed by atoms with Crippen LogP contribution < -0.4 is 0 Å². The number of fused-ring (bicyclic) bond motifs is 1. The lowest BCUT2D eigenvalue weighted by atomic mass is 10.0. The summed E-state index contributed by atoms with van der Waals surface area (Å²) in [6, 6.07) is 5.46. The van der Waals surface area contributed by atoms with Gasteiger partial charge in [-0.1, -0.05) is 13.0 Å². The highest BCUT2D eigenvalue weighted by Gasteiger charge is 2.23. The molecule has 1 atom stereocenters. The fraction of sp³-hybridized carbons (Fsp3) is 0.632. The van der Waals surface area contributed by atoms with Crippen molar-refractivity contribution < 1.29 is 13.2 Å². The van der Waals surface area contributed by atoms with Crippen molar-refractivity contribution in [2.75, 3.05) is 18.8 Å². The van der Waals surface area contributed by atoms with E-state index in [0.717, 1.165) is 57.2 Å². The van der Waals surface area contributed by atoms with Crippen molar-refractivity contribution in [1.29, 1.82) is 0 Å². The summed E-state index contributed by atoms with van der Waals surface area (Å²) in [4.78, 5) is 14.6. The van der Waals surface area contributed by atoms with Crippen molar-refractivity contribution in [3.8, 4) is 0 Å². The highest BCUT2D eigenvalue weighted by atomic mass is 32.2. The van der Waals surface area contributed by atoms with Crippen LogP contribution in [-0.2, 0) is 27.5 Å². The monoisotopic (exact) mass is 349 g/mol. The fourth-order valence-corrected chi connectivity index (χ4v) is 5.03. The van der Waals surface area contributed by atoms with Gasteiger partial charge in [0, 0.05) is 19.5 Å². The largest absolute Gasteiger partial charge is 0.343 e. The Morgan fingerprint density at radius 2 is 1.92 bits per heavy atom. The second-order valence-electron chi connectivity index (χ2n) is 7.27. The van der Waals surface area contributed by atoms with Gasteiger partial charge in [-0.15, -0.1) is 0 Å². The molecule has 0 saturated carbocycles. The summed E-state index contributed by atoms with van der Waals surface area (Å²) >= 11 is 0. The molecular weight excluding hydrogens is 322 g/mol. The Kier molecular flexibility index (Phi) is 5.28. The summed E-state index contributed by atoms with van der Waals surface area (Å²) in [7, 11) is -3.38. The molecule has 2 aliphatic rings. The number of aryl methyl sites for hydroxylation is 2. The van der Waals surface area contributed by atoms with Crippen LogP contribution in [-0.4, -0.2) is 38.1 Å². The molecule has 0 N–H and O–H groups in total. The fourth-order valence-electron chi connectivity index (χ4n) is 3.75. The van der Waals surface area contributed by atoms with Gasteiger partial charge in [0.05, 0.1) is 10.6 Å². The minimum Gasteiger partial charge on any atom is -0.343 e. The molecule has 0 bridgehead atoms. The molecule has 5 heteroatoms. The number of likely N-dealkylation sites (tertiary alicyclic amines) is 1. The van der Waals surface area contributed by atoms with Crippen molar-refractivity contribution >= 4 is 15.7 Å². The van der Waals surface area contributed by atoms with Crippen molar-refractivity contribution in [3.05, 3.63) is 29.3 Å². The summed E-state index contributed by atoms with van der Waals surface area (Å²) < 4.78 is 25.1. The number of benzene rings is 1. The van der Waals surface area contributed by atoms with Crippen molar-refractivity contribution in [2.24, 2.45) is 5.92 Å². The normalized spacial score (nSPS) is 21.4. The first kappa shape index (κ1) is 17.5. The van der Waals surface area contributed by atoms with Crippen LogP contribution in [0.15, 0.2) is 23.1 Å². The molecule has 0 radical (unpaired) electrons. The molecule has 132 valence electrons. The summed E-state index contributed by atoms with van der Waals surface area (Å²) in [6.07, 6.45) is 6.38. The third kappa shape index (κ3) is 4.00. The topological polar surface area (TPSA) is 54.5 Å². The third-order valence-corrected chi connectivity index (χ3v) is 7.10. The average molecular weight is 349 g/mol. The number of carbonyl (C=O) groups is 1. The quantitative estimate of drug-likeness (QED) is 0.840. The Bertz CT molecular complexity index is 711. The van der Waals surface area contributed by atoms with Crippen LogP contribution in [0.1, 0.15) is 50.2 Å². The lowest BCUT2D eigenvalue weighted by Gasteiger charge is -2.20. The number of hydrogen-bond acceptors (Lipinski definition) is 3. The lowest BCUT2D eigenvalue weighted by Crippen LogP contribution is -2.33. The first-order valence-electron chi connectivity index (χ1n) is 9.08. The molecule has 1 amide bonds. The number of amides is 1. The lowest BCUT2D eigenvalue weighted by molar-refractivity contribution is -0.130. The second-order valence-corrected chi connectivity index (χ2v) is 9.38. The summed E-state index contributed by atoms with van der Waals surface area (Å²) in [6.45, 7) is 3.74. The molecule has 0 spiro atoms. The smallest absolute Gasteiger partial charge is 0.223 e. The molecule has 1 aliphatic heterocycles. The van der Waals surface area contributed by atoms with E-state index in [0.29, 0.717) is 10.8 Å². The van der Waals surface area contributed by atoms with E-state index in [-0.39, 0.29) is 18.1 Å². The van der Waals surface area contributed by atoms with E-state index in [9.17, 15) is 13.2 Å². The maximum atomic E-state index is 12.6. The molecular formula is C19H27NO3S. The minimum atomic E-state index is -3.38. The Morgan fingerprint density at radius 1 is 1.12 bits per heavy atom. The molecule has 1 saturated heterocycles. The van der Waals surface area contributed by atoms with Gasteiger partial charge in [0.1, 0.15) is 0 Å². The van der Waals surface area contributed by atoms with E-state index >= 15 is 0 Å². The average Bonchev–Trinajstić information content (AvgIpc) is 2.93. The van der Waals surface area contributed by atoms with Crippen LogP contribution in [0.3, 0.4) is 0 Å². The van der Waals surface area contributed by atoms with E-state index in [4.69, 9.17) is 0 Å². The van der Waals surface area contributed by atoms with Crippen molar-refractivity contribution in [1.82, 2.24) is 4.90 Å². The summed E-state index contributed by atoms with van der Waals surface area (Å²) in [5.74, 6) is 0.545. The molecule has 24 heavy (non-hydrogen) atoms. The Morgan fingerprint density at radius 3 is 2.75 bits per heavy atom. The molecule has 1 aromatic carbocycles. The third-order valence-electron chi connectivity index (χ3n) is 5.38. The van der Waals surface area contributed by atoms with E-state index in [1.54, 1.807) is 6.07 Å². The van der Waals surface area contributed by atoms with Gasteiger partial charge in [-0.25, -0.2) is 8.42 Å². The molecule has 1 heterocycles. The molecule has 4 nitrogen and oxygen atoms in total. The zero-order chi connectivity index (χ0) is 17.2. The highest BCUT2D eigenvalue weighted by molar-refractivity contribution is 7.91. The van der Waals surface area contributed by atoms with Gasteiger partial charge in [-0.3, -0.25) is 4.79 Å². The Labute approximate surface area is 145 Å². The van der Waals surface area contributed by atoms with E-state index in [1.807, 2.05) is 17.0 Å². The van der Waals surface area contributed by atoms with Gasteiger partial charge in [-0.2, -0.15) is 0 Å². The molecule has 1 fully saturated rings. The first-order valence-corrected chi connectivity index (χ1v) is 10.7. The van der Waals surface area contributed by atoms with E-state index in [1.165, 1.54) is 5.56 Å². The molecule has 0 unspecified atom stereocenters. The number of carbonyl (C=O) groups excluding carboxylic acids is 1. The Balaban J connectivity index is 1.61. The first-order chi connectivity index (χ1) is 11.5. The van der Waals surface area contributed by atoms with Crippen LogP contribution in [0.4, 0.5) is 0 Å². The van der Waals surface area contributed by atoms with Crippen molar-refractivity contribution in [2.45, 2.75) is 56.8 Å². The standard InChI is InChI=1S/C19H27NO3S/c1-15-4-3-11-20(12-9-15)19(21)10-13-24(22,23)18-8-7-16-5-2-6-17(16)14-18/h7-8,14-15H,2-6,9-13H2,1H3/t15-/m0/s1. The SMILES string of the molecule is C[C@H]1CCCN(C(=O)CCS(=O)(=O)c2ccc3c(c2)CCC3)CC1. The van der Waals surface area contributed by atoms with E-state index in [2.05, 4.69) is 6.92 Å². The summed E-state index contributed by atoms with van der Waals surface area (Å²) in [5.41, 5.74) is 2.42. The maximum Gasteiger partial charge on any atom is 0.223 e. The number of rotatable bonds is 4. The number of nitrogens with zero attached hydrogens (tertiary/aromatic N) is 1. The van der Waals surface area contributed by atoms with Crippen LogP contribution in [0.5, 0.6) is 0 Å².